The molecule has 1 aromatic rings. The number of amides is 1. The van der Waals surface area contributed by atoms with Crippen molar-refractivity contribution >= 4 is 11.9 Å². The van der Waals surface area contributed by atoms with Gasteiger partial charge < -0.3 is 14.6 Å². The van der Waals surface area contributed by atoms with Gasteiger partial charge in [0.15, 0.2) is 0 Å². The molecule has 0 radical (unpaired) electrons. The molecule has 6 heteroatoms. The minimum absolute atomic E-state index is 0.0836. The maximum Gasteiger partial charge on any atom is 0.303 e. The van der Waals surface area contributed by atoms with Gasteiger partial charge in [-0.05, 0) is 0 Å². The number of carboxylic acids is 1. The average Bonchev–Trinajstić information content (AvgIpc) is 2.71. The summed E-state index contributed by atoms with van der Waals surface area (Å²) in [6, 6.07) is 0. The van der Waals surface area contributed by atoms with Gasteiger partial charge in [-0.15, -0.1) is 0 Å². The zero-order valence-corrected chi connectivity index (χ0v) is 9.45. The lowest BCUT2D eigenvalue weighted by molar-refractivity contribution is -0.145. The molecule has 0 atom stereocenters. The highest BCUT2D eigenvalue weighted by atomic mass is 16.4. The van der Waals surface area contributed by atoms with Gasteiger partial charge in [-0.1, -0.05) is 0 Å². The molecule has 92 valence electrons. The summed E-state index contributed by atoms with van der Waals surface area (Å²) >= 11 is 0. The van der Waals surface area contributed by atoms with Crippen LogP contribution in [0.15, 0.2) is 18.7 Å². The Morgan fingerprint density at radius 1 is 1.41 bits per heavy atom. The highest BCUT2D eigenvalue weighted by Gasteiger charge is 2.31. The maximum atomic E-state index is 11.7. The third kappa shape index (κ3) is 3.05. The summed E-state index contributed by atoms with van der Waals surface area (Å²) in [5.41, 5.74) is 0. The molecule has 0 aromatic carbocycles. The van der Waals surface area contributed by atoms with Crippen molar-refractivity contribution in [2.45, 2.75) is 19.4 Å². The number of likely N-dealkylation sites (tertiary alicyclic amines) is 1. The molecule has 0 bridgehead atoms. The Morgan fingerprint density at radius 3 is 2.76 bits per heavy atom. The predicted molar refractivity (Wildman–Crippen MR) is 59.2 cm³/mol. The number of carbonyl (C=O) groups is 2. The van der Waals surface area contributed by atoms with Crippen LogP contribution < -0.4 is 0 Å². The zero-order chi connectivity index (χ0) is 12.3. The summed E-state index contributed by atoms with van der Waals surface area (Å²) in [7, 11) is 0. The van der Waals surface area contributed by atoms with E-state index in [2.05, 4.69) is 4.98 Å². The Bertz CT molecular complexity index is 396. The van der Waals surface area contributed by atoms with E-state index in [9.17, 15) is 9.59 Å². The number of carbonyl (C=O) groups excluding carboxylic acids is 1. The van der Waals surface area contributed by atoms with Gasteiger partial charge in [-0.25, -0.2) is 4.98 Å². The summed E-state index contributed by atoms with van der Waals surface area (Å²) < 4.78 is 1.85. The van der Waals surface area contributed by atoms with Crippen molar-refractivity contribution in [1.29, 1.82) is 0 Å². The highest BCUT2D eigenvalue weighted by Crippen LogP contribution is 2.19. The van der Waals surface area contributed by atoms with Crippen molar-refractivity contribution in [3.05, 3.63) is 18.7 Å². The van der Waals surface area contributed by atoms with Crippen molar-refractivity contribution in [2.24, 2.45) is 5.92 Å². The van der Waals surface area contributed by atoms with Crippen LogP contribution in [0, 0.1) is 5.92 Å². The van der Waals surface area contributed by atoms with Crippen LogP contribution in [0.2, 0.25) is 0 Å². The van der Waals surface area contributed by atoms with Gasteiger partial charge in [0.1, 0.15) is 0 Å². The van der Waals surface area contributed by atoms with Crippen LogP contribution in [0.3, 0.4) is 0 Å². The maximum absolute atomic E-state index is 11.7. The first-order valence-corrected chi connectivity index (χ1v) is 5.60. The van der Waals surface area contributed by atoms with E-state index in [0.29, 0.717) is 26.1 Å². The van der Waals surface area contributed by atoms with E-state index in [1.807, 2.05) is 10.8 Å². The van der Waals surface area contributed by atoms with Gasteiger partial charge in [-0.3, -0.25) is 9.59 Å². The molecule has 1 saturated heterocycles. The molecule has 1 N–H and O–H groups in total. The molecule has 1 aliphatic rings. The molecular weight excluding hydrogens is 222 g/mol. The Kier molecular flexibility index (Phi) is 3.41. The van der Waals surface area contributed by atoms with Crippen molar-refractivity contribution < 1.29 is 14.7 Å². The van der Waals surface area contributed by atoms with Crippen molar-refractivity contribution in [2.75, 3.05) is 13.1 Å². The molecule has 6 nitrogen and oxygen atoms in total. The van der Waals surface area contributed by atoms with Crippen molar-refractivity contribution in [3.63, 3.8) is 0 Å². The van der Waals surface area contributed by atoms with Crippen LogP contribution >= 0.6 is 0 Å². The minimum atomic E-state index is -0.791. The Hall–Kier alpha value is -1.85. The van der Waals surface area contributed by atoms with Gasteiger partial charge in [0.25, 0.3) is 0 Å². The van der Waals surface area contributed by atoms with Crippen LogP contribution in [0.1, 0.15) is 12.8 Å². The second-order valence-electron chi connectivity index (χ2n) is 4.31. The Morgan fingerprint density at radius 2 is 2.18 bits per heavy atom. The molecule has 2 rings (SSSR count). The molecule has 1 aliphatic heterocycles. The second kappa shape index (κ2) is 4.99. The molecule has 17 heavy (non-hydrogen) atoms. The molecule has 0 unspecified atom stereocenters. The van der Waals surface area contributed by atoms with Crippen molar-refractivity contribution in [1.82, 2.24) is 14.5 Å². The number of aromatic nitrogens is 2. The molecule has 0 spiro atoms. The fourth-order valence-corrected chi connectivity index (χ4v) is 1.95. The number of rotatable bonds is 5. The molecule has 1 aromatic heterocycles. The number of hydrogen-bond acceptors (Lipinski definition) is 3. The standard InChI is InChI=1S/C11H15N3O3/c15-10(1-3-13-4-2-12-8-13)14-6-9(7-14)5-11(16)17/h2,4,8-9H,1,3,5-7H2,(H,16,17). The zero-order valence-electron chi connectivity index (χ0n) is 9.45. The number of aliphatic carboxylic acids is 1. The fourth-order valence-electron chi connectivity index (χ4n) is 1.95. The van der Waals surface area contributed by atoms with Gasteiger partial charge in [-0.2, -0.15) is 0 Å². The van der Waals surface area contributed by atoms with Crippen LogP contribution in [0.5, 0.6) is 0 Å². The molecule has 2 heterocycles. The Labute approximate surface area is 98.9 Å². The lowest BCUT2D eigenvalue weighted by atomic mass is 9.96. The number of imidazole rings is 1. The largest absolute Gasteiger partial charge is 0.481 e. The molecule has 0 aliphatic carbocycles. The van der Waals surface area contributed by atoms with Crippen LogP contribution in [0.4, 0.5) is 0 Å². The summed E-state index contributed by atoms with van der Waals surface area (Å²) in [4.78, 5) is 27.8. The first kappa shape index (κ1) is 11.6. The summed E-state index contributed by atoms with van der Waals surface area (Å²) in [5.74, 6) is -0.578. The van der Waals surface area contributed by atoms with Gasteiger partial charge in [0, 0.05) is 44.4 Å². The average molecular weight is 237 g/mol. The van der Waals surface area contributed by atoms with Gasteiger partial charge in [0.05, 0.1) is 12.7 Å². The van der Waals surface area contributed by atoms with Crippen LogP contribution in [-0.2, 0) is 16.1 Å². The number of aryl methyl sites for hydroxylation is 1. The van der Waals surface area contributed by atoms with E-state index < -0.39 is 5.97 Å². The smallest absolute Gasteiger partial charge is 0.303 e. The molecule has 1 fully saturated rings. The summed E-state index contributed by atoms with van der Waals surface area (Å²) in [6.45, 7) is 1.78. The lowest BCUT2D eigenvalue weighted by Crippen LogP contribution is -2.50. The van der Waals surface area contributed by atoms with E-state index in [0.717, 1.165) is 0 Å². The first-order valence-electron chi connectivity index (χ1n) is 5.60. The van der Waals surface area contributed by atoms with E-state index in [4.69, 9.17) is 5.11 Å². The highest BCUT2D eigenvalue weighted by molar-refractivity contribution is 5.77. The summed E-state index contributed by atoms with van der Waals surface area (Å²) in [5, 5.41) is 8.59. The van der Waals surface area contributed by atoms with Crippen LogP contribution in [0.25, 0.3) is 0 Å². The van der Waals surface area contributed by atoms with E-state index >= 15 is 0 Å². The second-order valence-corrected chi connectivity index (χ2v) is 4.31. The number of hydrogen-bond donors (Lipinski definition) is 1. The Balaban J connectivity index is 1.67. The normalized spacial score (nSPS) is 15.6. The molecule has 0 saturated carbocycles. The summed E-state index contributed by atoms with van der Waals surface area (Å²) in [6.07, 6.45) is 5.77. The van der Waals surface area contributed by atoms with Crippen molar-refractivity contribution in [3.8, 4) is 0 Å². The van der Waals surface area contributed by atoms with E-state index in [1.165, 1.54) is 0 Å². The topological polar surface area (TPSA) is 75.4 Å². The van der Waals surface area contributed by atoms with Crippen LogP contribution in [-0.4, -0.2) is 44.5 Å². The predicted octanol–water partition coefficient (Wildman–Crippen LogP) is 0.206. The first-order chi connectivity index (χ1) is 8.15. The monoisotopic (exact) mass is 237 g/mol. The number of nitrogens with zero attached hydrogens (tertiary/aromatic N) is 3. The fraction of sp³-hybridized carbons (Fsp3) is 0.545. The number of carboxylic acid groups (broad SMARTS) is 1. The third-order valence-corrected chi connectivity index (χ3v) is 2.92. The SMILES string of the molecule is O=C(O)CC1CN(C(=O)CCn2ccnc2)C1. The van der Waals surface area contributed by atoms with E-state index in [-0.39, 0.29) is 18.2 Å². The van der Waals surface area contributed by atoms with E-state index in [1.54, 1.807) is 17.4 Å². The lowest BCUT2D eigenvalue weighted by Gasteiger charge is -2.38. The molecular formula is C11H15N3O3. The minimum Gasteiger partial charge on any atom is -0.481 e. The van der Waals surface area contributed by atoms with Gasteiger partial charge in [0.2, 0.25) is 5.91 Å². The third-order valence-electron chi connectivity index (χ3n) is 2.92. The van der Waals surface area contributed by atoms with Gasteiger partial charge >= 0.3 is 5.97 Å². The quantitative estimate of drug-likeness (QED) is 0.794. The molecule has 1 amide bonds.